The first kappa shape index (κ1) is 15.7. The largest absolute Gasteiger partial charge is 0.234 e. The molecule has 0 aliphatic carbocycles. The van der Waals surface area contributed by atoms with Crippen LogP contribution in [0.15, 0.2) is 53.9 Å². The van der Waals surface area contributed by atoms with E-state index >= 15 is 0 Å². The fraction of sp³-hybridized carbons (Fsp3) is 0.105. The van der Waals surface area contributed by atoms with E-state index < -0.39 is 0 Å². The predicted octanol–water partition coefficient (Wildman–Crippen LogP) is 4.81. The van der Waals surface area contributed by atoms with Crippen molar-refractivity contribution in [1.82, 2.24) is 20.0 Å². The molecular formula is C19H15FN4S. The molecule has 0 amide bonds. The van der Waals surface area contributed by atoms with E-state index in [2.05, 4.69) is 41.5 Å². The van der Waals surface area contributed by atoms with Gasteiger partial charge in [0.25, 0.3) is 0 Å². The Morgan fingerprint density at radius 1 is 1.04 bits per heavy atom. The fourth-order valence-electron chi connectivity index (χ4n) is 2.62. The molecular weight excluding hydrogens is 335 g/mol. The highest BCUT2D eigenvalue weighted by molar-refractivity contribution is 7.13. The Morgan fingerprint density at radius 2 is 1.84 bits per heavy atom. The van der Waals surface area contributed by atoms with Gasteiger partial charge in [-0.15, -0.1) is 16.4 Å². The Morgan fingerprint density at radius 3 is 2.60 bits per heavy atom. The maximum atomic E-state index is 13.5. The predicted molar refractivity (Wildman–Crippen MR) is 97.3 cm³/mol. The van der Waals surface area contributed by atoms with Crippen LogP contribution < -0.4 is 0 Å². The number of halogens is 1. The Bertz CT molecular complexity index is 1030. The zero-order valence-corrected chi connectivity index (χ0v) is 14.6. The molecule has 2 heterocycles. The maximum Gasteiger partial charge on any atom is 0.146 e. The number of hydrogen-bond donors (Lipinski definition) is 0. The molecule has 0 saturated carbocycles. The van der Waals surface area contributed by atoms with Crippen LogP contribution in [-0.2, 0) is 0 Å². The van der Waals surface area contributed by atoms with Gasteiger partial charge in [-0.25, -0.2) is 14.1 Å². The summed E-state index contributed by atoms with van der Waals surface area (Å²) >= 11 is 1.53. The Balaban J connectivity index is 1.71. The Hall–Kier alpha value is -2.86. The molecule has 0 saturated heterocycles. The second-order valence-corrected chi connectivity index (χ2v) is 6.68. The van der Waals surface area contributed by atoms with E-state index in [4.69, 9.17) is 4.98 Å². The summed E-state index contributed by atoms with van der Waals surface area (Å²) in [6, 6.07) is 14.6. The highest BCUT2D eigenvalue weighted by atomic mass is 32.1. The summed E-state index contributed by atoms with van der Waals surface area (Å²) < 4.78 is 15.1. The van der Waals surface area contributed by atoms with Crippen molar-refractivity contribution in [3.63, 3.8) is 0 Å². The molecule has 4 aromatic rings. The lowest BCUT2D eigenvalue weighted by Crippen LogP contribution is -1.99. The van der Waals surface area contributed by atoms with Gasteiger partial charge in [0.05, 0.1) is 17.1 Å². The molecule has 4 nitrogen and oxygen atoms in total. The van der Waals surface area contributed by atoms with Crippen LogP contribution in [0.25, 0.3) is 27.6 Å². The first-order chi connectivity index (χ1) is 12.1. The lowest BCUT2D eigenvalue weighted by molar-refractivity contribution is 0.624. The van der Waals surface area contributed by atoms with Crippen LogP contribution in [0.5, 0.6) is 0 Å². The van der Waals surface area contributed by atoms with Crippen molar-refractivity contribution in [3.8, 4) is 27.6 Å². The van der Waals surface area contributed by atoms with E-state index in [9.17, 15) is 4.39 Å². The fourth-order valence-corrected chi connectivity index (χ4v) is 3.48. The summed E-state index contributed by atoms with van der Waals surface area (Å²) in [6.07, 6.45) is 0. The van der Waals surface area contributed by atoms with Crippen LogP contribution in [-0.4, -0.2) is 20.0 Å². The van der Waals surface area contributed by atoms with Crippen molar-refractivity contribution in [3.05, 3.63) is 71.0 Å². The van der Waals surface area contributed by atoms with Crippen LogP contribution >= 0.6 is 11.3 Å². The average Bonchev–Trinajstić information content (AvgIpc) is 3.22. The summed E-state index contributed by atoms with van der Waals surface area (Å²) in [6.45, 7) is 3.97. The third-order valence-electron chi connectivity index (χ3n) is 4.00. The molecule has 0 fully saturated rings. The topological polar surface area (TPSA) is 43.6 Å². The molecule has 2 aromatic carbocycles. The minimum absolute atomic E-state index is 0.301. The summed E-state index contributed by atoms with van der Waals surface area (Å²) in [4.78, 5) is 4.69. The van der Waals surface area contributed by atoms with Gasteiger partial charge in [-0.1, -0.05) is 41.1 Å². The number of aromatic nitrogens is 4. The normalized spacial score (nSPS) is 11.0. The van der Waals surface area contributed by atoms with Crippen LogP contribution in [0, 0.1) is 19.7 Å². The lowest BCUT2D eigenvalue weighted by Gasteiger charge is -2.03. The lowest BCUT2D eigenvalue weighted by atomic mass is 10.1. The van der Waals surface area contributed by atoms with E-state index in [-0.39, 0.29) is 5.82 Å². The first-order valence-electron chi connectivity index (χ1n) is 7.83. The zero-order valence-electron chi connectivity index (χ0n) is 13.8. The Kier molecular flexibility index (Phi) is 3.89. The van der Waals surface area contributed by atoms with Crippen LogP contribution in [0.1, 0.15) is 11.3 Å². The highest BCUT2D eigenvalue weighted by Crippen LogP contribution is 2.30. The molecule has 0 bridgehead atoms. The van der Waals surface area contributed by atoms with Crippen LogP contribution in [0.4, 0.5) is 4.39 Å². The van der Waals surface area contributed by atoms with Crippen LogP contribution in [0.2, 0.25) is 0 Å². The van der Waals surface area contributed by atoms with Crippen molar-refractivity contribution in [2.45, 2.75) is 13.8 Å². The number of aryl methyl sites for hydroxylation is 1. The van der Waals surface area contributed by atoms with E-state index in [1.807, 2.05) is 12.3 Å². The number of thiazole rings is 1. The van der Waals surface area contributed by atoms with Crippen LogP contribution in [0.3, 0.4) is 0 Å². The van der Waals surface area contributed by atoms with Gasteiger partial charge in [0.2, 0.25) is 0 Å². The zero-order chi connectivity index (χ0) is 17.4. The van der Waals surface area contributed by atoms with Crippen molar-refractivity contribution in [1.29, 1.82) is 0 Å². The van der Waals surface area contributed by atoms with Gasteiger partial charge in [-0.3, -0.25) is 0 Å². The SMILES string of the molecule is Cc1ccc(-c2csc(-c3nnn(-c4cccc(F)c4)c3C)n2)cc1. The highest BCUT2D eigenvalue weighted by Gasteiger charge is 2.16. The maximum absolute atomic E-state index is 13.5. The number of rotatable bonds is 3. The van der Waals surface area contributed by atoms with Crippen molar-refractivity contribution >= 4 is 11.3 Å². The standard InChI is InChI=1S/C19H15FN4S/c1-12-6-8-14(9-7-12)17-11-25-19(21-17)18-13(2)24(23-22-18)16-5-3-4-15(20)10-16/h3-11H,1-2H3. The molecule has 0 aliphatic heterocycles. The molecule has 25 heavy (non-hydrogen) atoms. The van der Waals surface area contributed by atoms with E-state index in [0.29, 0.717) is 11.4 Å². The minimum Gasteiger partial charge on any atom is -0.234 e. The van der Waals surface area contributed by atoms with Gasteiger partial charge in [0.15, 0.2) is 0 Å². The van der Waals surface area contributed by atoms with Gasteiger partial charge in [0, 0.05) is 10.9 Å². The second-order valence-electron chi connectivity index (χ2n) is 5.82. The molecule has 6 heteroatoms. The molecule has 0 radical (unpaired) electrons. The smallest absolute Gasteiger partial charge is 0.146 e. The van der Waals surface area contributed by atoms with Crippen molar-refractivity contribution < 1.29 is 4.39 Å². The first-order valence-corrected chi connectivity index (χ1v) is 8.71. The number of hydrogen-bond acceptors (Lipinski definition) is 4. The number of benzene rings is 2. The molecule has 0 aliphatic rings. The third-order valence-corrected chi connectivity index (χ3v) is 4.85. The Labute approximate surface area is 148 Å². The molecule has 2 aromatic heterocycles. The monoisotopic (exact) mass is 350 g/mol. The molecule has 0 atom stereocenters. The minimum atomic E-state index is -0.301. The molecule has 0 spiro atoms. The second kappa shape index (κ2) is 6.22. The van der Waals surface area contributed by atoms with Gasteiger partial charge >= 0.3 is 0 Å². The van der Waals surface area contributed by atoms with Gasteiger partial charge in [0.1, 0.15) is 16.5 Å². The number of nitrogens with zero attached hydrogens (tertiary/aromatic N) is 4. The quantitative estimate of drug-likeness (QED) is 0.532. The van der Waals surface area contributed by atoms with Crippen molar-refractivity contribution in [2.75, 3.05) is 0 Å². The molecule has 4 rings (SSSR count). The van der Waals surface area contributed by atoms with E-state index in [1.165, 1.54) is 29.0 Å². The summed E-state index contributed by atoms with van der Waals surface area (Å²) in [5.74, 6) is -0.301. The van der Waals surface area contributed by atoms with E-state index in [1.54, 1.807) is 16.8 Å². The molecule has 124 valence electrons. The summed E-state index contributed by atoms with van der Waals surface area (Å²) in [7, 11) is 0. The van der Waals surface area contributed by atoms with Gasteiger partial charge in [-0.2, -0.15) is 0 Å². The summed E-state index contributed by atoms with van der Waals surface area (Å²) in [5.41, 5.74) is 5.39. The van der Waals surface area contributed by atoms with Crippen molar-refractivity contribution in [2.24, 2.45) is 0 Å². The van der Waals surface area contributed by atoms with Gasteiger partial charge < -0.3 is 0 Å². The molecule has 0 N–H and O–H groups in total. The summed E-state index contributed by atoms with van der Waals surface area (Å²) in [5, 5.41) is 11.2. The van der Waals surface area contributed by atoms with Gasteiger partial charge in [-0.05, 0) is 32.0 Å². The van der Waals surface area contributed by atoms with E-state index in [0.717, 1.165) is 22.0 Å². The average molecular weight is 350 g/mol. The molecule has 0 unspecified atom stereocenters. The third kappa shape index (κ3) is 2.96.